The Morgan fingerprint density at radius 1 is 1.13 bits per heavy atom. The van der Waals surface area contributed by atoms with Crippen molar-refractivity contribution in [1.29, 1.82) is 0 Å². The van der Waals surface area contributed by atoms with E-state index >= 15 is 0 Å². The topological polar surface area (TPSA) is 17.1 Å². The molecular weight excluding hydrogens is 204 g/mol. The summed E-state index contributed by atoms with van der Waals surface area (Å²) in [5, 5.41) is 0. The number of rotatable bonds is 4. The van der Waals surface area contributed by atoms with Crippen molar-refractivity contribution in [3.05, 3.63) is 29.8 Å². The van der Waals surface area contributed by atoms with Gasteiger partial charge < -0.3 is 0 Å². The van der Waals surface area contributed by atoms with Crippen LogP contribution in [0.25, 0.3) is 0 Å². The highest BCUT2D eigenvalue weighted by Crippen LogP contribution is 2.16. The van der Waals surface area contributed by atoms with Crippen LogP contribution >= 0.6 is 0 Å². The molecule has 0 aromatic heterocycles. The fourth-order valence-electron chi connectivity index (χ4n) is 1.22. The SMILES string of the molecule is Cc1ccc(S(=O)C[C@H](C)C(C)C)cc1. The van der Waals surface area contributed by atoms with Gasteiger partial charge in [-0.25, -0.2) is 0 Å². The van der Waals surface area contributed by atoms with E-state index in [9.17, 15) is 4.21 Å². The Hall–Kier alpha value is -0.630. The Morgan fingerprint density at radius 2 is 1.67 bits per heavy atom. The molecule has 2 atom stereocenters. The second kappa shape index (κ2) is 5.45. The predicted octanol–water partition coefficient (Wildman–Crippen LogP) is 3.39. The summed E-state index contributed by atoms with van der Waals surface area (Å²) in [6.45, 7) is 8.56. The van der Waals surface area contributed by atoms with Crippen LogP contribution in [0.15, 0.2) is 29.2 Å². The lowest BCUT2D eigenvalue weighted by Gasteiger charge is -2.14. The highest BCUT2D eigenvalue weighted by Gasteiger charge is 2.12. The molecule has 0 spiro atoms. The first kappa shape index (κ1) is 12.4. The lowest BCUT2D eigenvalue weighted by Crippen LogP contribution is -2.13. The standard InChI is InChI=1S/C13H20OS/c1-10(2)12(4)9-15(14)13-7-5-11(3)6-8-13/h5-8,10,12H,9H2,1-4H3/t12-,15?/m0/s1. The molecule has 0 bridgehead atoms. The van der Waals surface area contributed by atoms with Crippen LogP contribution in [0.3, 0.4) is 0 Å². The molecule has 0 saturated heterocycles. The molecule has 0 saturated carbocycles. The third-order valence-electron chi connectivity index (χ3n) is 2.84. The van der Waals surface area contributed by atoms with E-state index in [0.29, 0.717) is 11.8 Å². The van der Waals surface area contributed by atoms with Gasteiger partial charge in [-0.05, 0) is 30.9 Å². The molecule has 0 N–H and O–H groups in total. The van der Waals surface area contributed by atoms with Crippen LogP contribution < -0.4 is 0 Å². The first-order valence-electron chi connectivity index (χ1n) is 5.45. The summed E-state index contributed by atoms with van der Waals surface area (Å²) in [5.74, 6) is 1.87. The third kappa shape index (κ3) is 3.78. The van der Waals surface area contributed by atoms with Gasteiger partial charge in [-0.3, -0.25) is 4.21 Å². The van der Waals surface area contributed by atoms with Crippen molar-refractivity contribution < 1.29 is 4.21 Å². The lowest BCUT2D eigenvalue weighted by molar-refractivity contribution is 0.460. The van der Waals surface area contributed by atoms with Crippen molar-refractivity contribution in [3.8, 4) is 0 Å². The molecule has 0 aliphatic heterocycles. The minimum atomic E-state index is -0.842. The Morgan fingerprint density at radius 3 is 2.13 bits per heavy atom. The molecular formula is C13H20OS. The molecule has 0 aliphatic rings. The highest BCUT2D eigenvalue weighted by atomic mass is 32.2. The summed E-state index contributed by atoms with van der Waals surface area (Å²) in [4.78, 5) is 0.952. The summed E-state index contributed by atoms with van der Waals surface area (Å²) in [5.41, 5.74) is 1.22. The normalized spacial score (nSPS) is 15.3. The molecule has 0 heterocycles. The van der Waals surface area contributed by atoms with Crippen LogP contribution in [0.1, 0.15) is 26.3 Å². The van der Waals surface area contributed by atoms with Gasteiger partial charge in [0.25, 0.3) is 0 Å². The number of benzene rings is 1. The Kier molecular flexibility index (Phi) is 4.52. The summed E-state index contributed by atoms with van der Waals surface area (Å²) >= 11 is 0. The van der Waals surface area contributed by atoms with E-state index < -0.39 is 10.8 Å². The van der Waals surface area contributed by atoms with Gasteiger partial charge in [0.1, 0.15) is 0 Å². The molecule has 15 heavy (non-hydrogen) atoms. The third-order valence-corrected chi connectivity index (χ3v) is 4.46. The minimum Gasteiger partial charge on any atom is -0.254 e. The van der Waals surface area contributed by atoms with Gasteiger partial charge in [0.2, 0.25) is 0 Å². The summed E-state index contributed by atoms with van der Waals surface area (Å²) in [7, 11) is -0.842. The molecule has 0 fully saturated rings. The van der Waals surface area contributed by atoms with Crippen molar-refractivity contribution in [2.75, 3.05) is 5.75 Å². The van der Waals surface area contributed by atoms with Crippen LogP contribution in [0, 0.1) is 18.8 Å². The molecule has 1 aromatic rings. The quantitative estimate of drug-likeness (QED) is 0.766. The maximum absolute atomic E-state index is 12.0. The zero-order chi connectivity index (χ0) is 11.4. The zero-order valence-electron chi connectivity index (χ0n) is 9.99. The smallest absolute Gasteiger partial charge is 0.0532 e. The first-order valence-corrected chi connectivity index (χ1v) is 6.77. The maximum atomic E-state index is 12.0. The Labute approximate surface area is 95.4 Å². The van der Waals surface area contributed by atoms with Gasteiger partial charge in [-0.1, -0.05) is 38.5 Å². The number of hydrogen-bond donors (Lipinski definition) is 0. The van der Waals surface area contributed by atoms with Crippen LogP contribution in [-0.4, -0.2) is 9.96 Å². The van der Waals surface area contributed by atoms with Crippen molar-refractivity contribution in [1.82, 2.24) is 0 Å². The van der Waals surface area contributed by atoms with E-state index in [4.69, 9.17) is 0 Å². The monoisotopic (exact) mass is 224 g/mol. The van der Waals surface area contributed by atoms with Gasteiger partial charge in [-0.15, -0.1) is 0 Å². The fraction of sp³-hybridized carbons (Fsp3) is 0.538. The molecule has 1 rings (SSSR count). The second-order valence-corrected chi connectivity index (χ2v) is 6.04. The minimum absolute atomic E-state index is 0.507. The van der Waals surface area contributed by atoms with Crippen molar-refractivity contribution in [3.63, 3.8) is 0 Å². The molecule has 1 nitrogen and oxygen atoms in total. The Balaban J connectivity index is 2.65. The Bertz CT molecular complexity index is 327. The summed E-state index contributed by atoms with van der Waals surface area (Å²) < 4.78 is 12.0. The molecule has 0 amide bonds. The van der Waals surface area contributed by atoms with Crippen molar-refractivity contribution >= 4 is 10.8 Å². The van der Waals surface area contributed by atoms with Crippen LogP contribution in [0.4, 0.5) is 0 Å². The fourth-order valence-corrected chi connectivity index (χ4v) is 2.71. The number of hydrogen-bond acceptors (Lipinski definition) is 1. The largest absolute Gasteiger partial charge is 0.254 e. The predicted molar refractivity (Wildman–Crippen MR) is 66.5 cm³/mol. The summed E-state index contributed by atoms with van der Waals surface area (Å²) in [6.07, 6.45) is 0. The van der Waals surface area contributed by atoms with E-state index in [2.05, 4.69) is 20.8 Å². The van der Waals surface area contributed by atoms with Gasteiger partial charge in [-0.2, -0.15) is 0 Å². The average molecular weight is 224 g/mol. The summed E-state index contributed by atoms with van der Waals surface area (Å²) in [6, 6.07) is 7.98. The molecule has 0 radical (unpaired) electrons. The van der Waals surface area contributed by atoms with Gasteiger partial charge >= 0.3 is 0 Å². The van der Waals surface area contributed by atoms with E-state index in [-0.39, 0.29) is 0 Å². The van der Waals surface area contributed by atoms with Crippen LogP contribution in [0.5, 0.6) is 0 Å². The molecule has 1 unspecified atom stereocenters. The number of aryl methyl sites for hydroxylation is 1. The maximum Gasteiger partial charge on any atom is 0.0532 e. The van der Waals surface area contributed by atoms with E-state index in [1.807, 2.05) is 31.2 Å². The van der Waals surface area contributed by atoms with E-state index in [1.165, 1.54) is 5.56 Å². The van der Waals surface area contributed by atoms with Crippen LogP contribution in [0.2, 0.25) is 0 Å². The van der Waals surface area contributed by atoms with E-state index in [0.717, 1.165) is 10.6 Å². The highest BCUT2D eigenvalue weighted by molar-refractivity contribution is 7.85. The van der Waals surface area contributed by atoms with Crippen LogP contribution in [-0.2, 0) is 10.8 Å². The lowest BCUT2D eigenvalue weighted by atomic mass is 10.0. The molecule has 0 aliphatic carbocycles. The van der Waals surface area contributed by atoms with Gasteiger partial charge in [0.05, 0.1) is 10.8 Å². The van der Waals surface area contributed by atoms with Gasteiger partial charge in [0, 0.05) is 10.6 Å². The first-order chi connectivity index (χ1) is 7.00. The van der Waals surface area contributed by atoms with E-state index in [1.54, 1.807) is 0 Å². The van der Waals surface area contributed by atoms with Crippen molar-refractivity contribution in [2.45, 2.75) is 32.6 Å². The molecule has 2 heteroatoms. The zero-order valence-corrected chi connectivity index (χ0v) is 10.8. The second-order valence-electron chi connectivity index (χ2n) is 4.55. The average Bonchev–Trinajstić information content (AvgIpc) is 2.18. The molecule has 84 valence electrons. The molecule has 1 aromatic carbocycles. The van der Waals surface area contributed by atoms with Gasteiger partial charge in [0.15, 0.2) is 0 Å². The van der Waals surface area contributed by atoms with Crippen molar-refractivity contribution in [2.24, 2.45) is 11.8 Å².